The molecule has 2 rings (SSSR count). The molecule has 1 saturated heterocycles. The summed E-state index contributed by atoms with van der Waals surface area (Å²) in [5.41, 5.74) is 0.916. The van der Waals surface area contributed by atoms with Crippen LogP contribution >= 0.6 is 0 Å². The summed E-state index contributed by atoms with van der Waals surface area (Å²) < 4.78 is 15.7. The number of furan rings is 1. The van der Waals surface area contributed by atoms with Crippen LogP contribution in [0.2, 0.25) is 0 Å². The van der Waals surface area contributed by atoms with E-state index in [0.717, 1.165) is 5.56 Å². The van der Waals surface area contributed by atoms with Crippen molar-refractivity contribution >= 4 is 0 Å². The van der Waals surface area contributed by atoms with Gasteiger partial charge in [-0.15, -0.1) is 6.58 Å². The van der Waals surface area contributed by atoms with Crippen molar-refractivity contribution in [3.63, 3.8) is 0 Å². The molecule has 0 aromatic carbocycles. The highest BCUT2D eigenvalue weighted by molar-refractivity contribution is 5.08. The molecule has 3 nitrogen and oxygen atoms in total. The Kier molecular flexibility index (Phi) is 1.98. The van der Waals surface area contributed by atoms with Gasteiger partial charge in [0, 0.05) is 5.56 Å². The quantitative estimate of drug-likeness (QED) is 0.628. The molecular weight excluding hydrogens is 156 g/mol. The summed E-state index contributed by atoms with van der Waals surface area (Å²) in [7, 11) is 0. The van der Waals surface area contributed by atoms with E-state index >= 15 is 0 Å². The van der Waals surface area contributed by atoms with E-state index in [9.17, 15) is 0 Å². The van der Waals surface area contributed by atoms with E-state index in [0.29, 0.717) is 6.61 Å². The van der Waals surface area contributed by atoms with Crippen molar-refractivity contribution in [3.05, 3.63) is 36.8 Å². The largest absolute Gasteiger partial charge is 0.472 e. The maximum Gasteiger partial charge on any atom is 0.187 e. The summed E-state index contributed by atoms with van der Waals surface area (Å²) in [6, 6.07) is 1.83. The lowest BCUT2D eigenvalue weighted by Gasteiger charge is -2.05. The van der Waals surface area contributed by atoms with E-state index in [1.807, 2.05) is 6.07 Å². The monoisotopic (exact) mass is 166 g/mol. The van der Waals surface area contributed by atoms with Gasteiger partial charge in [0.15, 0.2) is 6.29 Å². The van der Waals surface area contributed by atoms with Crippen molar-refractivity contribution in [1.82, 2.24) is 0 Å². The zero-order valence-corrected chi connectivity index (χ0v) is 6.60. The first-order chi connectivity index (χ1) is 5.90. The molecule has 0 aliphatic carbocycles. The van der Waals surface area contributed by atoms with E-state index in [2.05, 4.69) is 6.58 Å². The van der Waals surface area contributed by atoms with Gasteiger partial charge in [0.05, 0.1) is 19.1 Å². The van der Waals surface area contributed by atoms with Crippen molar-refractivity contribution in [2.24, 2.45) is 0 Å². The standard InChI is InChI=1S/C9H10O3/c1-2-8-6-11-9(12-8)7-3-4-10-5-7/h2-5,8-9H,1,6H2. The first-order valence-corrected chi connectivity index (χ1v) is 3.82. The van der Waals surface area contributed by atoms with Crippen LogP contribution in [0.25, 0.3) is 0 Å². The minimum absolute atomic E-state index is 0.00454. The van der Waals surface area contributed by atoms with Gasteiger partial charge in [-0.25, -0.2) is 0 Å². The molecule has 0 spiro atoms. The highest BCUT2D eigenvalue weighted by atomic mass is 16.7. The second kappa shape index (κ2) is 3.13. The molecule has 1 aliphatic heterocycles. The second-order valence-corrected chi connectivity index (χ2v) is 2.63. The van der Waals surface area contributed by atoms with Crippen LogP contribution in [0.1, 0.15) is 11.9 Å². The van der Waals surface area contributed by atoms with Gasteiger partial charge in [0.25, 0.3) is 0 Å². The van der Waals surface area contributed by atoms with Gasteiger partial charge < -0.3 is 13.9 Å². The van der Waals surface area contributed by atoms with Crippen molar-refractivity contribution in [1.29, 1.82) is 0 Å². The van der Waals surface area contributed by atoms with Crippen LogP contribution in [-0.4, -0.2) is 12.7 Å². The highest BCUT2D eigenvalue weighted by Gasteiger charge is 2.25. The van der Waals surface area contributed by atoms with Gasteiger partial charge in [-0.05, 0) is 6.07 Å². The Balaban J connectivity index is 2.04. The molecule has 1 aromatic heterocycles. The number of hydrogen-bond donors (Lipinski definition) is 0. The van der Waals surface area contributed by atoms with Crippen LogP contribution in [0.5, 0.6) is 0 Å². The van der Waals surface area contributed by atoms with Gasteiger partial charge in [0.1, 0.15) is 6.10 Å². The molecule has 12 heavy (non-hydrogen) atoms. The minimum atomic E-state index is -0.285. The summed E-state index contributed by atoms with van der Waals surface area (Å²) in [6.07, 6.45) is 4.68. The SMILES string of the molecule is C=CC1COC(c2ccoc2)O1. The normalized spacial score (nSPS) is 29.0. The number of rotatable bonds is 2. The van der Waals surface area contributed by atoms with E-state index in [4.69, 9.17) is 13.9 Å². The van der Waals surface area contributed by atoms with E-state index in [-0.39, 0.29) is 12.4 Å². The maximum absolute atomic E-state index is 5.45. The van der Waals surface area contributed by atoms with Gasteiger partial charge in [-0.1, -0.05) is 6.08 Å². The summed E-state index contributed by atoms with van der Waals surface area (Å²) >= 11 is 0. The topological polar surface area (TPSA) is 31.6 Å². The molecule has 2 unspecified atom stereocenters. The van der Waals surface area contributed by atoms with Crippen LogP contribution in [0.3, 0.4) is 0 Å². The molecule has 2 atom stereocenters. The molecular formula is C9H10O3. The van der Waals surface area contributed by atoms with Crippen LogP contribution in [0.15, 0.2) is 35.7 Å². The minimum Gasteiger partial charge on any atom is -0.472 e. The first kappa shape index (κ1) is 7.58. The summed E-state index contributed by atoms with van der Waals surface area (Å²) in [5.74, 6) is 0. The van der Waals surface area contributed by atoms with Gasteiger partial charge in [-0.3, -0.25) is 0 Å². The predicted molar refractivity (Wildman–Crippen MR) is 42.5 cm³/mol. The molecule has 0 radical (unpaired) electrons. The third kappa shape index (κ3) is 1.29. The Labute approximate surface area is 70.6 Å². The fourth-order valence-electron chi connectivity index (χ4n) is 1.13. The summed E-state index contributed by atoms with van der Waals surface area (Å²) in [4.78, 5) is 0. The van der Waals surface area contributed by atoms with Crippen molar-refractivity contribution in [2.45, 2.75) is 12.4 Å². The van der Waals surface area contributed by atoms with Gasteiger partial charge in [0.2, 0.25) is 0 Å². The Morgan fingerprint density at radius 1 is 1.58 bits per heavy atom. The van der Waals surface area contributed by atoms with Crippen LogP contribution in [-0.2, 0) is 9.47 Å². The maximum atomic E-state index is 5.45. The Bertz CT molecular complexity index is 253. The second-order valence-electron chi connectivity index (χ2n) is 2.63. The lowest BCUT2D eigenvalue weighted by molar-refractivity contribution is -0.0536. The van der Waals surface area contributed by atoms with E-state index < -0.39 is 0 Å². The Hall–Kier alpha value is -1.06. The highest BCUT2D eigenvalue weighted by Crippen LogP contribution is 2.27. The van der Waals surface area contributed by atoms with E-state index in [1.54, 1.807) is 18.6 Å². The first-order valence-electron chi connectivity index (χ1n) is 3.82. The fraction of sp³-hybridized carbons (Fsp3) is 0.333. The Morgan fingerprint density at radius 2 is 2.50 bits per heavy atom. The molecule has 0 saturated carbocycles. The molecule has 3 heteroatoms. The third-order valence-corrected chi connectivity index (χ3v) is 1.79. The molecule has 1 aromatic rings. The third-order valence-electron chi connectivity index (χ3n) is 1.79. The molecule has 2 heterocycles. The van der Waals surface area contributed by atoms with Crippen LogP contribution in [0.4, 0.5) is 0 Å². The summed E-state index contributed by atoms with van der Waals surface area (Å²) in [5, 5.41) is 0. The zero-order chi connectivity index (χ0) is 8.39. The lowest BCUT2D eigenvalue weighted by Crippen LogP contribution is -2.03. The lowest BCUT2D eigenvalue weighted by atomic mass is 10.3. The zero-order valence-electron chi connectivity index (χ0n) is 6.60. The van der Waals surface area contributed by atoms with Gasteiger partial charge >= 0.3 is 0 Å². The summed E-state index contributed by atoms with van der Waals surface area (Å²) in [6.45, 7) is 4.20. The average Bonchev–Trinajstić information content (AvgIpc) is 2.75. The predicted octanol–water partition coefficient (Wildman–Crippen LogP) is 1.88. The van der Waals surface area contributed by atoms with Crippen LogP contribution < -0.4 is 0 Å². The fourth-order valence-corrected chi connectivity index (χ4v) is 1.13. The van der Waals surface area contributed by atoms with Crippen molar-refractivity contribution in [2.75, 3.05) is 6.61 Å². The van der Waals surface area contributed by atoms with Crippen molar-refractivity contribution in [3.8, 4) is 0 Å². The number of ether oxygens (including phenoxy) is 2. The average molecular weight is 166 g/mol. The van der Waals surface area contributed by atoms with Crippen molar-refractivity contribution < 1.29 is 13.9 Å². The van der Waals surface area contributed by atoms with E-state index in [1.165, 1.54) is 0 Å². The van der Waals surface area contributed by atoms with Gasteiger partial charge in [-0.2, -0.15) is 0 Å². The molecule has 0 amide bonds. The molecule has 1 fully saturated rings. The molecule has 1 aliphatic rings. The molecule has 64 valence electrons. The number of hydrogen-bond acceptors (Lipinski definition) is 3. The molecule has 0 bridgehead atoms. The molecule has 0 N–H and O–H groups in total. The van der Waals surface area contributed by atoms with Crippen LogP contribution in [0, 0.1) is 0 Å². The Morgan fingerprint density at radius 3 is 3.08 bits per heavy atom. The smallest absolute Gasteiger partial charge is 0.187 e.